The summed E-state index contributed by atoms with van der Waals surface area (Å²) in [4.78, 5) is 12.0. The van der Waals surface area contributed by atoms with Crippen molar-refractivity contribution in [1.82, 2.24) is 5.32 Å². The SMILES string of the molecule is CC(O)(CNC(=O)C1(S(C)(=O)=O)CCCC1)C(F)(F)F. The van der Waals surface area contributed by atoms with Crippen LogP contribution in [0.3, 0.4) is 0 Å². The molecule has 1 aliphatic rings. The van der Waals surface area contributed by atoms with Gasteiger partial charge in [0.15, 0.2) is 15.4 Å². The van der Waals surface area contributed by atoms with E-state index in [-0.39, 0.29) is 12.8 Å². The predicted molar refractivity (Wildman–Crippen MR) is 65.7 cm³/mol. The molecule has 0 aromatic heterocycles. The molecule has 1 amide bonds. The van der Waals surface area contributed by atoms with Crippen LogP contribution in [-0.4, -0.2) is 48.8 Å². The van der Waals surface area contributed by atoms with Crippen molar-refractivity contribution in [2.75, 3.05) is 12.8 Å². The van der Waals surface area contributed by atoms with Crippen LogP contribution in [0.2, 0.25) is 0 Å². The quantitative estimate of drug-likeness (QED) is 0.802. The fourth-order valence-corrected chi connectivity index (χ4v) is 3.67. The van der Waals surface area contributed by atoms with Crippen LogP contribution in [-0.2, 0) is 14.6 Å². The first kappa shape index (κ1) is 17.2. The van der Waals surface area contributed by atoms with E-state index in [2.05, 4.69) is 0 Å². The predicted octanol–water partition coefficient (Wildman–Crippen LogP) is 0.773. The molecule has 1 atom stereocenters. The molecule has 9 heteroatoms. The maximum atomic E-state index is 12.5. The summed E-state index contributed by atoms with van der Waals surface area (Å²) in [6.45, 7) is -0.554. The van der Waals surface area contributed by atoms with Crippen LogP contribution >= 0.6 is 0 Å². The van der Waals surface area contributed by atoms with Crippen molar-refractivity contribution in [2.45, 2.75) is 49.1 Å². The monoisotopic (exact) mass is 317 g/mol. The molecular formula is C11H18F3NO4S. The van der Waals surface area contributed by atoms with Crippen molar-refractivity contribution in [3.63, 3.8) is 0 Å². The third-order valence-electron chi connectivity index (χ3n) is 3.74. The first-order chi connectivity index (χ1) is 8.83. The first-order valence-corrected chi connectivity index (χ1v) is 8.00. The van der Waals surface area contributed by atoms with Crippen molar-refractivity contribution < 1.29 is 31.5 Å². The highest BCUT2D eigenvalue weighted by Gasteiger charge is 2.53. The molecule has 118 valence electrons. The van der Waals surface area contributed by atoms with Crippen LogP contribution in [0.1, 0.15) is 32.6 Å². The third kappa shape index (κ3) is 3.08. The van der Waals surface area contributed by atoms with Crippen LogP contribution in [0, 0.1) is 0 Å². The molecular weight excluding hydrogens is 299 g/mol. The molecule has 0 saturated heterocycles. The van der Waals surface area contributed by atoms with Crippen molar-refractivity contribution >= 4 is 15.7 Å². The molecule has 0 spiro atoms. The second-order valence-corrected chi connectivity index (χ2v) is 7.75. The summed E-state index contributed by atoms with van der Waals surface area (Å²) in [5.41, 5.74) is -3.10. The van der Waals surface area contributed by atoms with Gasteiger partial charge in [0.25, 0.3) is 0 Å². The number of rotatable bonds is 4. The second-order valence-electron chi connectivity index (χ2n) is 5.43. The topological polar surface area (TPSA) is 83.5 Å². The molecule has 5 nitrogen and oxygen atoms in total. The average Bonchev–Trinajstić information content (AvgIpc) is 2.73. The largest absolute Gasteiger partial charge is 0.418 e. The van der Waals surface area contributed by atoms with Gasteiger partial charge >= 0.3 is 6.18 Å². The van der Waals surface area contributed by atoms with Gasteiger partial charge in [0.2, 0.25) is 5.91 Å². The summed E-state index contributed by atoms with van der Waals surface area (Å²) in [5.74, 6) is -0.970. The van der Waals surface area contributed by atoms with Gasteiger partial charge in [-0.25, -0.2) is 8.42 Å². The van der Waals surface area contributed by atoms with Crippen molar-refractivity contribution in [2.24, 2.45) is 0 Å². The van der Waals surface area contributed by atoms with Crippen LogP contribution in [0.5, 0.6) is 0 Å². The molecule has 1 unspecified atom stereocenters. The summed E-state index contributed by atoms with van der Waals surface area (Å²) >= 11 is 0. The number of alkyl halides is 3. The van der Waals surface area contributed by atoms with E-state index in [0.717, 1.165) is 6.26 Å². The lowest BCUT2D eigenvalue weighted by atomic mass is 10.0. The van der Waals surface area contributed by atoms with E-state index in [1.54, 1.807) is 0 Å². The summed E-state index contributed by atoms with van der Waals surface area (Å²) < 4.78 is 59.3. The third-order valence-corrected chi connectivity index (χ3v) is 5.75. The average molecular weight is 317 g/mol. The molecule has 2 N–H and O–H groups in total. The minimum atomic E-state index is -4.91. The summed E-state index contributed by atoms with van der Waals surface area (Å²) in [5, 5.41) is 11.2. The molecule has 0 aromatic carbocycles. The Bertz CT molecular complexity index is 478. The summed E-state index contributed by atoms with van der Waals surface area (Å²) in [6.07, 6.45) is -2.78. The van der Waals surface area contributed by atoms with Gasteiger partial charge in [0.05, 0.1) is 6.54 Å². The van der Waals surface area contributed by atoms with Gasteiger partial charge in [0.1, 0.15) is 4.75 Å². The summed E-state index contributed by atoms with van der Waals surface area (Å²) in [7, 11) is -3.74. The van der Waals surface area contributed by atoms with Gasteiger partial charge in [-0.15, -0.1) is 0 Å². The molecule has 0 aliphatic heterocycles. The number of carbonyl (C=O) groups is 1. The van der Waals surface area contributed by atoms with Gasteiger partial charge in [-0.2, -0.15) is 13.2 Å². The van der Waals surface area contributed by atoms with E-state index in [1.165, 1.54) is 0 Å². The van der Waals surface area contributed by atoms with E-state index < -0.39 is 38.8 Å². The van der Waals surface area contributed by atoms with Crippen LogP contribution in [0.4, 0.5) is 13.2 Å². The number of nitrogens with one attached hydrogen (secondary N) is 1. The smallest absolute Gasteiger partial charge is 0.379 e. The van der Waals surface area contributed by atoms with E-state index in [1.807, 2.05) is 5.32 Å². The Kier molecular flexibility index (Phi) is 4.46. The van der Waals surface area contributed by atoms with Gasteiger partial charge in [-0.3, -0.25) is 4.79 Å². The molecule has 1 fully saturated rings. The Morgan fingerprint density at radius 3 is 2.10 bits per heavy atom. The Morgan fingerprint density at radius 1 is 1.30 bits per heavy atom. The highest BCUT2D eigenvalue weighted by molar-refractivity contribution is 7.92. The highest BCUT2D eigenvalue weighted by atomic mass is 32.2. The lowest BCUT2D eigenvalue weighted by Crippen LogP contribution is -2.56. The highest BCUT2D eigenvalue weighted by Crippen LogP contribution is 2.37. The van der Waals surface area contributed by atoms with E-state index in [4.69, 9.17) is 0 Å². The second kappa shape index (κ2) is 5.18. The Morgan fingerprint density at radius 2 is 1.75 bits per heavy atom. The minimum Gasteiger partial charge on any atom is -0.379 e. The molecule has 0 heterocycles. The van der Waals surface area contributed by atoms with E-state index in [9.17, 15) is 31.5 Å². The maximum Gasteiger partial charge on any atom is 0.418 e. The summed E-state index contributed by atoms with van der Waals surface area (Å²) in [6, 6.07) is 0. The fraction of sp³-hybridized carbons (Fsp3) is 0.909. The van der Waals surface area contributed by atoms with Gasteiger partial charge in [-0.05, 0) is 19.8 Å². The molecule has 1 saturated carbocycles. The Labute approximate surface area is 115 Å². The van der Waals surface area contributed by atoms with Crippen LogP contribution in [0.25, 0.3) is 0 Å². The molecule has 20 heavy (non-hydrogen) atoms. The normalized spacial score (nSPS) is 22.3. The zero-order valence-electron chi connectivity index (χ0n) is 11.2. The standard InChI is InChI=1S/C11H18F3NO4S/c1-9(17,11(12,13)14)7-15-8(16)10(20(2,18)19)5-3-4-6-10/h17H,3-7H2,1-2H3,(H,15,16). The molecule has 1 rings (SSSR count). The van der Waals surface area contributed by atoms with Crippen LogP contribution in [0.15, 0.2) is 0 Å². The van der Waals surface area contributed by atoms with Gasteiger partial charge in [-0.1, -0.05) is 12.8 Å². The van der Waals surface area contributed by atoms with E-state index >= 15 is 0 Å². The van der Waals surface area contributed by atoms with Crippen molar-refractivity contribution in [1.29, 1.82) is 0 Å². The zero-order valence-corrected chi connectivity index (χ0v) is 12.1. The lowest BCUT2D eigenvalue weighted by Gasteiger charge is -2.30. The zero-order chi connectivity index (χ0) is 15.8. The van der Waals surface area contributed by atoms with Crippen LogP contribution < -0.4 is 5.32 Å². The number of sulfone groups is 1. The number of halogens is 3. The van der Waals surface area contributed by atoms with Crippen molar-refractivity contribution in [3.8, 4) is 0 Å². The van der Waals surface area contributed by atoms with Gasteiger partial charge in [0, 0.05) is 6.26 Å². The Balaban J connectivity index is 2.86. The number of hydrogen-bond acceptors (Lipinski definition) is 4. The number of carbonyl (C=O) groups excluding carboxylic acids is 1. The van der Waals surface area contributed by atoms with Crippen molar-refractivity contribution in [3.05, 3.63) is 0 Å². The Hall–Kier alpha value is -0.830. The molecule has 0 aromatic rings. The lowest BCUT2D eigenvalue weighted by molar-refractivity contribution is -0.250. The molecule has 1 aliphatic carbocycles. The molecule has 0 radical (unpaired) electrons. The first-order valence-electron chi connectivity index (χ1n) is 6.10. The number of aliphatic hydroxyl groups is 1. The number of amides is 1. The van der Waals surface area contributed by atoms with E-state index in [0.29, 0.717) is 19.8 Å². The molecule has 0 bridgehead atoms. The fourth-order valence-electron chi connectivity index (χ4n) is 2.23. The number of hydrogen-bond donors (Lipinski definition) is 2. The van der Waals surface area contributed by atoms with Gasteiger partial charge < -0.3 is 10.4 Å². The maximum absolute atomic E-state index is 12.5. The minimum absolute atomic E-state index is 0.0891.